The SMILES string of the molecule is NCCC1C2CC(=O)CC1CS(=O)(=O)C2. The van der Waals surface area contributed by atoms with Gasteiger partial charge in [-0.3, -0.25) is 4.79 Å². The van der Waals surface area contributed by atoms with Crippen LogP contribution in [0.3, 0.4) is 0 Å². The Hall–Kier alpha value is -0.420. The van der Waals surface area contributed by atoms with E-state index in [4.69, 9.17) is 5.73 Å². The Morgan fingerprint density at radius 3 is 2.20 bits per heavy atom. The van der Waals surface area contributed by atoms with Gasteiger partial charge in [-0.05, 0) is 30.7 Å². The molecule has 1 saturated heterocycles. The second-order valence-electron chi connectivity index (χ2n) is 4.79. The summed E-state index contributed by atoms with van der Waals surface area (Å²) >= 11 is 0. The number of hydrogen-bond acceptors (Lipinski definition) is 4. The first kappa shape index (κ1) is 11.1. The zero-order valence-electron chi connectivity index (χ0n) is 8.69. The van der Waals surface area contributed by atoms with Crippen LogP contribution < -0.4 is 5.73 Å². The minimum atomic E-state index is -2.91. The van der Waals surface area contributed by atoms with Gasteiger partial charge in [0.2, 0.25) is 0 Å². The topological polar surface area (TPSA) is 77.2 Å². The third-order valence-corrected chi connectivity index (χ3v) is 5.50. The highest BCUT2D eigenvalue weighted by Gasteiger charge is 2.44. The van der Waals surface area contributed by atoms with E-state index in [0.29, 0.717) is 25.3 Å². The third-order valence-electron chi connectivity index (χ3n) is 3.63. The molecule has 2 fully saturated rings. The number of carbonyl (C=O) groups excluding carboxylic acids is 1. The van der Waals surface area contributed by atoms with E-state index in [0.717, 1.165) is 6.42 Å². The van der Waals surface area contributed by atoms with Crippen molar-refractivity contribution in [2.45, 2.75) is 19.3 Å². The molecular formula is C10H17NO3S. The van der Waals surface area contributed by atoms with Crippen molar-refractivity contribution in [3.05, 3.63) is 0 Å². The molecule has 1 saturated carbocycles. The highest BCUT2D eigenvalue weighted by atomic mass is 32.2. The second kappa shape index (κ2) is 3.87. The maximum atomic E-state index is 11.6. The molecule has 2 rings (SSSR count). The number of Topliss-reactive ketones (excluding diaryl/α,β-unsaturated/α-hetero) is 1. The Labute approximate surface area is 90.1 Å². The first-order valence-electron chi connectivity index (χ1n) is 5.44. The Morgan fingerprint density at radius 1 is 1.20 bits per heavy atom. The maximum absolute atomic E-state index is 11.6. The van der Waals surface area contributed by atoms with Gasteiger partial charge in [0, 0.05) is 12.8 Å². The molecule has 2 N–H and O–H groups in total. The Bertz CT molecular complexity index is 339. The minimum absolute atomic E-state index is 0.0403. The van der Waals surface area contributed by atoms with Crippen LogP contribution in [-0.2, 0) is 14.6 Å². The molecule has 0 aromatic heterocycles. The van der Waals surface area contributed by atoms with E-state index in [-0.39, 0.29) is 29.1 Å². The standard InChI is InChI=1S/C10H17NO3S/c11-2-1-10-7-3-9(12)4-8(10)6-15(13,14)5-7/h7-8,10H,1-6,11H2. The molecule has 0 aromatic rings. The van der Waals surface area contributed by atoms with Crippen LogP contribution in [0, 0.1) is 17.8 Å². The van der Waals surface area contributed by atoms with Crippen LogP contribution in [-0.4, -0.2) is 32.3 Å². The van der Waals surface area contributed by atoms with E-state index >= 15 is 0 Å². The quantitative estimate of drug-likeness (QED) is 0.724. The molecule has 5 heteroatoms. The number of fused-ring (bicyclic) bond motifs is 2. The lowest BCUT2D eigenvalue weighted by Gasteiger charge is -2.41. The van der Waals surface area contributed by atoms with Crippen molar-refractivity contribution in [2.24, 2.45) is 23.5 Å². The van der Waals surface area contributed by atoms with Gasteiger partial charge < -0.3 is 5.73 Å². The number of rotatable bonds is 2. The summed E-state index contributed by atoms with van der Waals surface area (Å²) in [7, 11) is -2.91. The Balaban J connectivity index is 2.21. The van der Waals surface area contributed by atoms with E-state index in [1.807, 2.05) is 0 Å². The summed E-state index contributed by atoms with van der Waals surface area (Å²) in [6, 6.07) is 0. The summed E-state index contributed by atoms with van der Waals surface area (Å²) in [6.45, 7) is 0.589. The monoisotopic (exact) mass is 231 g/mol. The molecule has 2 unspecified atom stereocenters. The minimum Gasteiger partial charge on any atom is -0.330 e. The average Bonchev–Trinajstić information content (AvgIpc) is 2.06. The number of ketones is 1. The Morgan fingerprint density at radius 2 is 1.73 bits per heavy atom. The van der Waals surface area contributed by atoms with Gasteiger partial charge in [0.1, 0.15) is 5.78 Å². The summed E-state index contributed by atoms with van der Waals surface area (Å²) in [4.78, 5) is 11.4. The molecule has 2 atom stereocenters. The zero-order chi connectivity index (χ0) is 11.1. The van der Waals surface area contributed by atoms with E-state index < -0.39 is 9.84 Å². The summed E-state index contributed by atoms with van der Waals surface area (Å²) in [5.41, 5.74) is 5.53. The van der Waals surface area contributed by atoms with E-state index in [1.165, 1.54) is 0 Å². The summed E-state index contributed by atoms with van der Waals surface area (Å²) in [5, 5.41) is 0. The van der Waals surface area contributed by atoms with Crippen LogP contribution in [0.25, 0.3) is 0 Å². The maximum Gasteiger partial charge on any atom is 0.150 e. The van der Waals surface area contributed by atoms with Crippen molar-refractivity contribution < 1.29 is 13.2 Å². The molecule has 4 nitrogen and oxygen atoms in total. The molecule has 0 amide bonds. The molecule has 0 radical (unpaired) electrons. The third kappa shape index (κ3) is 2.23. The van der Waals surface area contributed by atoms with Gasteiger partial charge >= 0.3 is 0 Å². The summed E-state index contributed by atoms with van der Waals surface area (Å²) in [5.74, 6) is 1.06. The van der Waals surface area contributed by atoms with E-state index in [2.05, 4.69) is 0 Å². The highest BCUT2D eigenvalue weighted by Crippen LogP contribution is 2.40. The predicted molar refractivity (Wildman–Crippen MR) is 57.0 cm³/mol. The van der Waals surface area contributed by atoms with Crippen LogP contribution in [0.5, 0.6) is 0 Å². The van der Waals surface area contributed by atoms with Crippen molar-refractivity contribution in [1.29, 1.82) is 0 Å². The van der Waals surface area contributed by atoms with Crippen LogP contribution in [0.2, 0.25) is 0 Å². The molecular weight excluding hydrogens is 214 g/mol. The summed E-state index contributed by atoms with van der Waals surface area (Å²) < 4.78 is 23.2. The van der Waals surface area contributed by atoms with Gasteiger partial charge in [-0.15, -0.1) is 0 Å². The van der Waals surface area contributed by atoms with Gasteiger partial charge in [0.05, 0.1) is 11.5 Å². The van der Waals surface area contributed by atoms with Gasteiger partial charge in [-0.1, -0.05) is 0 Å². The number of sulfone groups is 1. The van der Waals surface area contributed by atoms with Crippen molar-refractivity contribution in [1.82, 2.24) is 0 Å². The van der Waals surface area contributed by atoms with Crippen LogP contribution in [0.1, 0.15) is 19.3 Å². The van der Waals surface area contributed by atoms with Gasteiger partial charge in [0.15, 0.2) is 9.84 Å². The van der Waals surface area contributed by atoms with Crippen molar-refractivity contribution in [2.75, 3.05) is 18.1 Å². The molecule has 1 aliphatic heterocycles. The lowest BCUT2D eigenvalue weighted by Crippen LogP contribution is -2.46. The van der Waals surface area contributed by atoms with Crippen molar-refractivity contribution in [3.63, 3.8) is 0 Å². The molecule has 1 aliphatic carbocycles. The molecule has 1 heterocycles. The molecule has 2 bridgehead atoms. The number of nitrogens with two attached hydrogens (primary N) is 1. The van der Waals surface area contributed by atoms with Crippen molar-refractivity contribution in [3.8, 4) is 0 Å². The lowest BCUT2D eigenvalue weighted by molar-refractivity contribution is -0.124. The fourth-order valence-corrected chi connectivity index (χ4v) is 5.28. The summed E-state index contributed by atoms with van der Waals surface area (Å²) in [6.07, 6.45) is 1.75. The average molecular weight is 231 g/mol. The van der Waals surface area contributed by atoms with E-state index in [9.17, 15) is 13.2 Å². The number of carbonyl (C=O) groups is 1. The fourth-order valence-electron chi connectivity index (χ4n) is 3.11. The second-order valence-corrected chi connectivity index (χ2v) is 6.94. The molecule has 0 aromatic carbocycles. The van der Waals surface area contributed by atoms with Crippen LogP contribution in [0.15, 0.2) is 0 Å². The fraction of sp³-hybridized carbons (Fsp3) is 0.900. The molecule has 2 aliphatic rings. The predicted octanol–water partition coefficient (Wildman–Crippen LogP) is -0.0249. The van der Waals surface area contributed by atoms with Gasteiger partial charge in [-0.2, -0.15) is 0 Å². The molecule has 0 spiro atoms. The van der Waals surface area contributed by atoms with Gasteiger partial charge in [-0.25, -0.2) is 8.42 Å². The Kier molecular flexibility index (Phi) is 2.85. The van der Waals surface area contributed by atoms with E-state index in [1.54, 1.807) is 0 Å². The lowest BCUT2D eigenvalue weighted by atomic mass is 9.71. The normalized spacial score (nSPS) is 39.0. The molecule has 15 heavy (non-hydrogen) atoms. The molecule has 86 valence electrons. The smallest absolute Gasteiger partial charge is 0.150 e. The van der Waals surface area contributed by atoms with Crippen molar-refractivity contribution >= 4 is 15.6 Å². The highest BCUT2D eigenvalue weighted by molar-refractivity contribution is 7.91. The zero-order valence-corrected chi connectivity index (χ0v) is 9.50. The first-order valence-corrected chi connectivity index (χ1v) is 7.26. The van der Waals surface area contributed by atoms with Crippen LogP contribution >= 0.6 is 0 Å². The largest absolute Gasteiger partial charge is 0.330 e. The van der Waals surface area contributed by atoms with Gasteiger partial charge in [0.25, 0.3) is 0 Å². The van der Waals surface area contributed by atoms with Crippen LogP contribution in [0.4, 0.5) is 0 Å². The number of hydrogen-bond donors (Lipinski definition) is 1. The first-order chi connectivity index (χ1) is 7.02.